The summed E-state index contributed by atoms with van der Waals surface area (Å²) in [7, 11) is 0. The molecule has 128 valence electrons. The van der Waals surface area contributed by atoms with Gasteiger partial charge in [0.05, 0.1) is 25.3 Å². The number of para-hydroxylation sites is 1. The molecule has 0 saturated carbocycles. The lowest BCUT2D eigenvalue weighted by Gasteiger charge is -2.34. The zero-order chi connectivity index (χ0) is 16.8. The largest absolute Gasteiger partial charge is 0.493 e. The van der Waals surface area contributed by atoms with E-state index in [0.29, 0.717) is 13.0 Å². The van der Waals surface area contributed by atoms with Crippen molar-refractivity contribution in [3.63, 3.8) is 0 Å². The van der Waals surface area contributed by atoms with Gasteiger partial charge < -0.3 is 14.2 Å². The van der Waals surface area contributed by atoms with Crippen LogP contribution in [0.3, 0.4) is 0 Å². The number of aryl methyl sites for hydroxylation is 1. The molecule has 1 saturated heterocycles. The van der Waals surface area contributed by atoms with Gasteiger partial charge in [0.15, 0.2) is 5.76 Å². The van der Waals surface area contributed by atoms with Crippen LogP contribution in [0.25, 0.3) is 0 Å². The van der Waals surface area contributed by atoms with Gasteiger partial charge in [-0.25, -0.2) is 0 Å². The molecule has 0 aliphatic carbocycles. The summed E-state index contributed by atoms with van der Waals surface area (Å²) in [6, 6.07) is 11.5. The summed E-state index contributed by atoms with van der Waals surface area (Å²) in [4.78, 5) is 16.5. The summed E-state index contributed by atoms with van der Waals surface area (Å²) >= 11 is 0. The van der Waals surface area contributed by atoms with Gasteiger partial charge in [0, 0.05) is 32.2 Å². The minimum Gasteiger partial charge on any atom is -0.493 e. The number of amides is 1. The third-order valence-corrected chi connectivity index (χ3v) is 4.11. The van der Waals surface area contributed by atoms with Crippen molar-refractivity contribution >= 4 is 5.91 Å². The number of carbonyl (C=O) groups is 1. The summed E-state index contributed by atoms with van der Waals surface area (Å²) in [5, 5.41) is 3.90. The second-order valence-electron chi connectivity index (χ2n) is 6.00. The van der Waals surface area contributed by atoms with Crippen molar-refractivity contribution in [3.8, 4) is 5.75 Å². The van der Waals surface area contributed by atoms with Crippen LogP contribution in [0.15, 0.2) is 40.9 Å². The van der Waals surface area contributed by atoms with Crippen molar-refractivity contribution in [3.05, 3.63) is 47.9 Å². The minimum atomic E-state index is 0.154. The maximum Gasteiger partial charge on any atom is 0.226 e. The number of aromatic nitrogens is 1. The quantitative estimate of drug-likeness (QED) is 0.812. The summed E-state index contributed by atoms with van der Waals surface area (Å²) < 4.78 is 10.8. The number of carbonyl (C=O) groups excluding carboxylic acids is 1. The average molecular weight is 329 g/mol. The zero-order valence-electron chi connectivity index (χ0n) is 14.0. The highest BCUT2D eigenvalue weighted by Gasteiger charge is 2.21. The standard InChI is InChI=1S/C18H23N3O3/c1-15-13-17(24-19-15)14-20-8-10-21(11-9-20)18(22)7-12-23-16-5-3-2-4-6-16/h2-6,13H,7-12,14H2,1H3. The van der Waals surface area contributed by atoms with E-state index in [1.165, 1.54) is 0 Å². The van der Waals surface area contributed by atoms with Gasteiger partial charge in [-0.1, -0.05) is 23.4 Å². The van der Waals surface area contributed by atoms with Gasteiger partial charge in [0.25, 0.3) is 0 Å². The van der Waals surface area contributed by atoms with Crippen molar-refractivity contribution in [1.82, 2.24) is 15.0 Å². The Morgan fingerprint density at radius 3 is 2.62 bits per heavy atom. The third-order valence-electron chi connectivity index (χ3n) is 4.11. The van der Waals surface area contributed by atoms with E-state index in [4.69, 9.17) is 9.26 Å². The molecule has 1 aliphatic rings. The maximum atomic E-state index is 12.3. The van der Waals surface area contributed by atoms with Gasteiger partial charge in [-0.05, 0) is 19.1 Å². The Morgan fingerprint density at radius 1 is 1.21 bits per heavy atom. The molecule has 0 atom stereocenters. The second kappa shape index (κ2) is 7.97. The summed E-state index contributed by atoms with van der Waals surface area (Å²) in [5.74, 6) is 1.84. The van der Waals surface area contributed by atoms with Crippen LogP contribution in [-0.2, 0) is 11.3 Å². The van der Waals surface area contributed by atoms with Gasteiger partial charge in [-0.15, -0.1) is 0 Å². The smallest absolute Gasteiger partial charge is 0.226 e. The number of nitrogens with zero attached hydrogens (tertiary/aromatic N) is 3. The SMILES string of the molecule is Cc1cc(CN2CCN(C(=O)CCOc3ccccc3)CC2)on1. The van der Waals surface area contributed by atoms with Gasteiger partial charge in [0.2, 0.25) is 5.91 Å². The predicted molar refractivity (Wildman–Crippen MR) is 89.7 cm³/mol. The Balaban J connectivity index is 1.37. The molecule has 1 aromatic heterocycles. The lowest BCUT2D eigenvalue weighted by Crippen LogP contribution is -2.48. The zero-order valence-corrected chi connectivity index (χ0v) is 14.0. The fourth-order valence-electron chi connectivity index (χ4n) is 2.80. The molecular formula is C18H23N3O3. The Hall–Kier alpha value is -2.34. The number of piperazine rings is 1. The molecule has 0 bridgehead atoms. The summed E-state index contributed by atoms with van der Waals surface area (Å²) in [6.07, 6.45) is 0.413. The first-order chi connectivity index (χ1) is 11.7. The fraction of sp³-hybridized carbons (Fsp3) is 0.444. The molecule has 3 rings (SSSR count). The number of hydrogen-bond acceptors (Lipinski definition) is 5. The van der Waals surface area contributed by atoms with E-state index in [2.05, 4.69) is 10.1 Å². The Labute approximate surface area is 142 Å². The van der Waals surface area contributed by atoms with Crippen LogP contribution in [0.5, 0.6) is 5.75 Å². The maximum absolute atomic E-state index is 12.3. The molecule has 2 heterocycles. The van der Waals surface area contributed by atoms with E-state index >= 15 is 0 Å². The van der Waals surface area contributed by atoms with Gasteiger partial charge >= 0.3 is 0 Å². The summed E-state index contributed by atoms with van der Waals surface area (Å²) in [6.45, 7) is 6.28. The monoisotopic (exact) mass is 329 g/mol. The number of benzene rings is 1. The Morgan fingerprint density at radius 2 is 1.96 bits per heavy atom. The predicted octanol–water partition coefficient (Wildman–Crippen LogP) is 2.10. The van der Waals surface area contributed by atoms with Crippen LogP contribution < -0.4 is 4.74 Å². The van der Waals surface area contributed by atoms with Crippen molar-refractivity contribution in [1.29, 1.82) is 0 Å². The Kier molecular flexibility index (Phi) is 5.48. The lowest BCUT2D eigenvalue weighted by atomic mass is 10.2. The number of rotatable bonds is 6. The highest BCUT2D eigenvalue weighted by atomic mass is 16.5. The van der Waals surface area contributed by atoms with Crippen LogP contribution in [0, 0.1) is 6.92 Å². The van der Waals surface area contributed by atoms with E-state index in [9.17, 15) is 4.79 Å². The van der Waals surface area contributed by atoms with Crippen molar-refractivity contribution < 1.29 is 14.1 Å². The van der Waals surface area contributed by atoms with Crippen LogP contribution in [0.2, 0.25) is 0 Å². The molecule has 1 aromatic carbocycles. The lowest BCUT2D eigenvalue weighted by molar-refractivity contribution is -0.133. The molecule has 0 radical (unpaired) electrons. The molecule has 1 aliphatic heterocycles. The molecule has 0 unspecified atom stereocenters. The van der Waals surface area contributed by atoms with Crippen molar-refractivity contribution in [2.24, 2.45) is 0 Å². The molecule has 0 N–H and O–H groups in total. The minimum absolute atomic E-state index is 0.154. The average Bonchev–Trinajstić information content (AvgIpc) is 3.01. The van der Waals surface area contributed by atoms with E-state index in [1.54, 1.807) is 0 Å². The molecule has 1 fully saturated rings. The van der Waals surface area contributed by atoms with E-state index in [0.717, 1.165) is 49.9 Å². The molecule has 2 aromatic rings. The first-order valence-electron chi connectivity index (χ1n) is 8.31. The molecule has 1 amide bonds. The molecule has 6 heteroatoms. The van der Waals surface area contributed by atoms with Gasteiger partial charge in [-0.2, -0.15) is 0 Å². The van der Waals surface area contributed by atoms with Gasteiger partial charge in [-0.3, -0.25) is 9.69 Å². The van der Waals surface area contributed by atoms with E-state index in [1.807, 2.05) is 48.2 Å². The highest BCUT2D eigenvalue weighted by Crippen LogP contribution is 2.12. The van der Waals surface area contributed by atoms with Crippen LogP contribution >= 0.6 is 0 Å². The molecular weight excluding hydrogens is 306 g/mol. The van der Waals surface area contributed by atoms with Gasteiger partial charge in [0.1, 0.15) is 5.75 Å². The molecule has 0 spiro atoms. The van der Waals surface area contributed by atoms with E-state index < -0.39 is 0 Å². The first kappa shape index (κ1) is 16.5. The van der Waals surface area contributed by atoms with E-state index in [-0.39, 0.29) is 5.91 Å². The number of ether oxygens (including phenoxy) is 1. The topological polar surface area (TPSA) is 58.8 Å². The second-order valence-corrected chi connectivity index (χ2v) is 6.00. The first-order valence-corrected chi connectivity index (χ1v) is 8.31. The van der Waals surface area contributed by atoms with Crippen LogP contribution in [0.4, 0.5) is 0 Å². The van der Waals surface area contributed by atoms with Crippen molar-refractivity contribution in [2.75, 3.05) is 32.8 Å². The Bertz CT molecular complexity index is 649. The fourth-order valence-corrected chi connectivity index (χ4v) is 2.80. The third kappa shape index (κ3) is 4.58. The normalized spacial score (nSPS) is 15.5. The highest BCUT2D eigenvalue weighted by molar-refractivity contribution is 5.76. The molecule has 6 nitrogen and oxygen atoms in total. The number of hydrogen-bond donors (Lipinski definition) is 0. The van der Waals surface area contributed by atoms with Crippen molar-refractivity contribution in [2.45, 2.75) is 19.9 Å². The van der Waals surface area contributed by atoms with Crippen LogP contribution in [-0.4, -0.2) is 53.6 Å². The van der Waals surface area contributed by atoms with Crippen LogP contribution in [0.1, 0.15) is 17.9 Å². The summed E-state index contributed by atoms with van der Waals surface area (Å²) in [5.41, 5.74) is 0.900. The molecule has 24 heavy (non-hydrogen) atoms.